The normalized spacial score (nSPS) is 28.8. The Labute approximate surface area is 168 Å². The molecule has 2 aliphatic rings. The predicted molar refractivity (Wildman–Crippen MR) is 110 cm³/mol. The molecule has 3 rings (SSSR count). The van der Waals surface area contributed by atoms with Crippen LogP contribution in [-0.4, -0.2) is 43.2 Å². The summed E-state index contributed by atoms with van der Waals surface area (Å²) in [6.45, 7) is 5.69. The second-order valence-electron chi connectivity index (χ2n) is 8.02. The molecule has 3 unspecified atom stereocenters. The van der Waals surface area contributed by atoms with Crippen molar-refractivity contribution in [1.29, 1.82) is 0 Å². The maximum atomic E-state index is 13.0. The molecule has 0 bridgehead atoms. The van der Waals surface area contributed by atoms with Gasteiger partial charge >= 0.3 is 0 Å². The van der Waals surface area contributed by atoms with E-state index in [1.807, 2.05) is 46.1 Å². The zero-order valence-electron chi connectivity index (χ0n) is 16.0. The lowest BCUT2D eigenvalue weighted by Gasteiger charge is -2.65. The van der Waals surface area contributed by atoms with Crippen LogP contribution in [0.4, 0.5) is 5.69 Å². The Morgan fingerprint density at radius 2 is 2.04 bits per heavy atom. The SMILES string of the molecule is CN(C)Cc1cccc(NC(=O)C2(N)C3CCCOC3C2(C)C)c1.Cl.Cl. The minimum absolute atomic E-state index is 0. The van der Waals surface area contributed by atoms with Gasteiger partial charge in [-0.2, -0.15) is 0 Å². The average Bonchev–Trinajstić information content (AvgIpc) is 2.53. The first-order chi connectivity index (χ1) is 11.3. The number of amides is 1. The van der Waals surface area contributed by atoms with Crippen LogP contribution in [0.5, 0.6) is 0 Å². The molecule has 0 radical (unpaired) electrons. The summed E-state index contributed by atoms with van der Waals surface area (Å²) in [5, 5.41) is 3.05. The number of hydrogen-bond donors (Lipinski definition) is 2. The van der Waals surface area contributed by atoms with Crippen molar-refractivity contribution in [1.82, 2.24) is 4.90 Å². The van der Waals surface area contributed by atoms with E-state index in [1.165, 1.54) is 0 Å². The number of nitrogens with zero attached hydrogens (tertiary/aromatic N) is 1. The molecule has 7 heteroatoms. The quantitative estimate of drug-likeness (QED) is 0.810. The Kier molecular flexibility index (Phi) is 7.53. The fraction of sp³-hybridized carbons (Fsp3) is 0.632. The van der Waals surface area contributed by atoms with Crippen molar-refractivity contribution in [3.63, 3.8) is 0 Å². The Bertz CT molecular complexity index is 639. The van der Waals surface area contributed by atoms with Gasteiger partial charge in [-0.05, 0) is 44.6 Å². The molecular weight excluding hydrogens is 373 g/mol. The third kappa shape index (κ3) is 3.73. The van der Waals surface area contributed by atoms with Crippen molar-refractivity contribution in [3.8, 4) is 0 Å². The number of rotatable bonds is 4. The van der Waals surface area contributed by atoms with E-state index >= 15 is 0 Å². The molecule has 3 atom stereocenters. The van der Waals surface area contributed by atoms with Gasteiger partial charge in [-0.15, -0.1) is 24.8 Å². The fourth-order valence-electron chi connectivity index (χ4n) is 4.38. The third-order valence-corrected chi connectivity index (χ3v) is 5.74. The topological polar surface area (TPSA) is 67.6 Å². The first kappa shape index (κ1) is 23.2. The van der Waals surface area contributed by atoms with Gasteiger partial charge in [0, 0.05) is 30.2 Å². The van der Waals surface area contributed by atoms with Crippen LogP contribution in [0, 0.1) is 11.3 Å². The van der Waals surface area contributed by atoms with Gasteiger partial charge < -0.3 is 20.7 Å². The molecule has 26 heavy (non-hydrogen) atoms. The van der Waals surface area contributed by atoms with E-state index in [2.05, 4.69) is 16.3 Å². The van der Waals surface area contributed by atoms with Crippen LogP contribution in [0.3, 0.4) is 0 Å². The van der Waals surface area contributed by atoms with E-state index in [9.17, 15) is 4.79 Å². The number of carbonyl (C=O) groups excluding carboxylic acids is 1. The number of nitrogens with one attached hydrogen (secondary N) is 1. The molecule has 0 spiro atoms. The van der Waals surface area contributed by atoms with Crippen molar-refractivity contribution in [3.05, 3.63) is 29.8 Å². The first-order valence-electron chi connectivity index (χ1n) is 8.72. The van der Waals surface area contributed by atoms with Crippen LogP contribution in [0.1, 0.15) is 32.3 Å². The van der Waals surface area contributed by atoms with E-state index in [4.69, 9.17) is 10.5 Å². The van der Waals surface area contributed by atoms with Crippen LogP contribution >= 0.6 is 24.8 Å². The standard InChI is InChI=1S/C19H29N3O2.2ClH/c1-18(2)16-15(9-6-10-24-16)19(18,20)17(23)21-14-8-5-7-13(11-14)12-22(3)4;;/h5,7-8,11,15-16H,6,9-10,12,20H2,1-4H3,(H,21,23);2*1H. The summed E-state index contributed by atoms with van der Waals surface area (Å²) in [7, 11) is 4.06. The van der Waals surface area contributed by atoms with Crippen LogP contribution in [-0.2, 0) is 16.1 Å². The molecular formula is C19H31Cl2N3O2. The molecule has 1 aromatic rings. The van der Waals surface area contributed by atoms with Gasteiger partial charge in [0.05, 0.1) is 6.10 Å². The number of fused-ring (bicyclic) bond motifs is 1. The van der Waals surface area contributed by atoms with Gasteiger partial charge in [0.15, 0.2) is 0 Å². The molecule has 1 saturated carbocycles. The highest BCUT2D eigenvalue weighted by Gasteiger charge is 2.70. The van der Waals surface area contributed by atoms with Crippen LogP contribution in [0.2, 0.25) is 0 Å². The number of hydrogen-bond acceptors (Lipinski definition) is 4. The highest BCUT2D eigenvalue weighted by atomic mass is 35.5. The summed E-state index contributed by atoms with van der Waals surface area (Å²) in [5.41, 5.74) is 7.38. The highest BCUT2D eigenvalue weighted by molar-refractivity contribution is 6.00. The monoisotopic (exact) mass is 403 g/mol. The van der Waals surface area contributed by atoms with Gasteiger partial charge in [0.25, 0.3) is 0 Å². The molecule has 2 fully saturated rings. The lowest BCUT2D eigenvalue weighted by atomic mass is 9.46. The summed E-state index contributed by atoms with van der Waals surface area (Å²) in [4.78, 5) is 15.1. The molecule has 148 valence electrons. The Morgan fingerprint density at radius 1 is 1.35 bits per heavy atom. The number of ether oxygens (including phenoxy) is 1. The minimum atomic E-state index is -0.879. The molecule has 1 saturated heterocycles. The van der Waals surface area contributed by atoms with Gasteiger partial charge in [-0.25, -0.2) is 0 Å². The van der Waals surface area contributed by atoms with Crippen molar-refractivity contribution < 1.29 is 9.53 Å². The lowest BCUT2D eigenvalue weighted by molar-refractivity contribution is -0.222. The smallest absolute Gasteiger partial charge is 0.245 e. The third-order valence-electron chi connectivity index (χ3n) is 5.74. The van der Waals surface area contributed by atoms with Crippen LogP contribution in [0.25, 0.3) is 0 Å². The summed E-state index contributed by atoms with van der Waals surface area (Å²) in [6.07, 6.45) is 2.02. The fourth-order valence-corrected chi connectivity index (χ4v) is 4.38. The van der Waals surface area contributed by atoms with E-state index in [0.717, 1.165) is 37.2 Å². The largest absolute Gasteiger partial charge is 0.377 e. The van der Waals surface area contributed by atoms with E-state index in [1.54, 1.807) is 0 Å². The average molecular weight is 404 g/mol. The van der Waals surface area contributed by atoms with E-state index in [-0.39, 0.29) is 48.2 Å². The molecule has 1 heterocycles. The van der Waals surface area contributed by atoms with Gasteiger partial charge in [-0.1, -0.05) is 26.0 Å². The van der Waals surface area contributed by atoms with Crippen LogP contribution in [0.15, 0.2) is 24.3 Å². The van der Waals surface area contributed by atoms with E-state index in [0.29, 0.717) is 0 Å². The Morgan fingerprint density at radius 3 is 2.69 bits per heavy atom. The zero-order valence-corrected chi connectivity index (χ0v) is 17.6. The number of halogens is 2. The Balaban J connectivity index is 0.00000169. The summed E-state index contributed by atoms with van der Waals surface area (Å²) < 4.78 is 5.89. The molecule has 0 aromatic heterocycles. The maximum Gasteiger partial charge on any atom is 0.245 e. The van der Waals surface area contributed by atoms with Crippen molar-refractivity contribution >= 4 is 36.4 Å². The molecule has 1 aliphatic carbocycles. The van der Waals surface area contributed by atoms with Crippen molar-refractivity contribution in [2.45, 2.75) is 44.9 Å². The van der Waals surface area contributed by atoms with Gasteiger partial charge in [0.2, 0.25) is 5.91 Å². The van der Waals surface area contributed by atoms with E-state index < -0.39 is 5.54 Å². The van der Waals surface area contributed by atoms with Gasteiger partial charge in [0.1, 0.15) is 5.54 Å². The molecule has 3 N–H and O–H groups in total. The van der Waals surface area contributed by atoms with Crippen molar-refractivity contribution in [2.75, 3.05) is 26.0 Å². The number of benzene rings is 1. The zero-order chi connectivity index (χ0) is 17.5. The minimum Gasteiger partial charge on any atom is -0.377 e. The highest BCUT2D eigenvalue weighted by Crippen LogP contribution is 2.57. The Hall–Kier alpha value is -0.850. The lowest BCUT2D eigenvalue weighted by Crippen LogP contribution is -2.81. The number of carbonyl (C=O) groups is 1. The summed E-state index contributed by atoms with van der Waals surface area (Å²) >= 11 is 0. The number of nitrogens with two attached hydrogens (primary N) is 1. The molecule has 5 nitrogen and oxygen atoms in total. The maximum absolute atomic E-state index is 13.0. The van der Waals surface area contributed by atoms with Crippen LogP contribution < -0.4 is 11.1 Å². The summed E-state index contributed by atoms with van der Waals surface area (Å²) in [6, 6.07) is 7.96. The molecule has 1 aliphatic heterocycles. The summed E-state index contributed by atoms with van der Waals surface area (Å²) in [5.74, 6) is 0.00691. The second kappa shape index (κ2) is 8.44. The molecule has 1 aromatic carbocycles. The predicted octanol–water partition coefficient (Wildman–Crippen LogP) is 3.06. The first-order valence-corrected chi connectivity index (χ1v) is 8.72. The van der Waals surface area contributed by atoms with Crippen molar-refractivity contribution in [2.24, 2.45) is 17.1 Å². The van der Waals surface area contributed by atoms with Gasteiger partial charge in [-0.3, -0.25) is 4.79 Å². The molecule has 1 amide bonds. The number of anilines is 1. The second-order valence-corrected chi connectivity index (χ2v) is 8.02.